The molecule has 0 aromatic carbocycles. The summed E-state index contributed by atoms with van der Waals surface area (Å²) in [5.41, 5.74) is 4.55. The summed E-state index contributed by atoms with van der Waals surface area (Å²) in [5.74, 6) is 2.83. The zero-order valence-corrected chi connectivity index (χ0v) is 17.4. The van der Waals surface area contributed by atoms with Gasteiger partial charge in [-0.1, -0.05) is 81.9 Å². The topological polar surface area (TPSA) is 9.23 Å². The lowest BCUT2D eigenvalue weighted by molar-refractivity contribution is 0.255. The molecule has 138 valence electrons. The first-order chi connectivity index (χ1) is 11.9. The van der Waals surface area contributed by atoms with Crippen LogP contribution in [0, 0.1) is 17.8 Å². The van der Waals surface area contributed by atoms with Crippen LogP contribution in [-0.4, -0.2) is 16.4 Å². The van der Waals surface area contributed by atoms with E-state index in [1.165, 1.54) is 103 Å². The first-order valence-electron chi connectivity index (χ1n) is 11.2. The van der Waals surface area contributed by atoms with E-state index >= 15 is 0 Å². The average molecular weight is 349 g/mol. The third-order valence-corrected chi connectivity index (χ3v) is 8.15. The van der Waals surface area contributed by atoms with Crippen molar-refractivity contribution in [3.8, 4) is 0 Å². The molecule has 1 nitrogen and oxygen atoms in total. The fraction of sp³-hybridized carbons (Fsp3) is 0.909. The van der Waals surface area contributed by atoms with Crippen LogP contribution in [0.5, 0.6) is 0 Å². The molecule has 0 heterocycles. The van der Waals surface area contributed by atoms with Crippen molar-refractivity contribution in [3.63, 3.8) is 0 Å². The molecule has 0 amide bonds. The van der Waals surface area contributed by atoms with Crippen LogP contribution in [0.15, 0.2) is 11.3 Å². The predicted octanol–water partition coefficient (Wildman–Crippen LogP) is 6.10. The van der Waals surface area contributed by atoms with E-state index in [1.807, 2.05) is 5.57 Å². The first-order valence-corrected chi connectivity index (χ1v) is 12.6. The van der Waals surface area contributed by atoms with Crippen LogP contribution in [-0.2, 0) is 4.43 Å². The van der Waals surface area contributed by atoms with Gasteiger partial charge in [-0.05, 0) is 49.9 Å². The quantitative estimate of drug-likeness (QED) is 0.399. The maximum absolute atomic E-state index is 6.21. The number of hydrogen-bond acceptors (Lipinski definition) is 1. The van der Waals surface area contributed by atoms with Crippen molar-refractivity contribution < 1.29 is 4.43 Å². The molecule has 24 heavy (non-hydrogen) atoms. The Balaban J connectivity index is 1.45. The van der Waals surface area contributed by atoms with E-state index in [-0.39, 0.29) is 0 Å². The van der Waals surface area contributed by atoms with Crippen molar-refractivity contribution in [1.29, 1.82) is 0 Å². The minimum absolute atomic E-state index is 0.435. The van der Waals surface area contributed by atoms with E-state index < -0.39 is 9.76 Å². The van der Waals surface area contributed by atoms with Gasteiger partial charge in [0.25, 0.3) is 0 Å². The van der Waals surface area contributed by atoms with Crippen LogP contribution in [0.25, 0.3) is 0 Å². The summed E-state index contributed by atoms with van der Waals surface area (Å²) < 4.78 is 6.21. The van der Waals surface area contributed by atoms with Crippen molar-refractivity contribution >= 4 is 9.76 Å². The van der Waals surface area contributed by atoms with Crippen LogP contribution in [0.4, 0.5) is 0 Å². The molecule has 2 heteroatoms. The van der Waals surface area contributed by atoms with Crippen molar-refractivity contribution in [2.45, 2.75) is 103 Å². The van der Waals surface area contributed by atoms with Crippen molar-refractivity contribution in [3.05, 3.63) is 11.3 Å². The molecule has 0 spiro atoms. The second-order valence-corrected chi connectivity index (χ2v) is 9.89. The number of rotatable bonds is 7. The highest BCUT2D eigenvalue weighted by Crippen LogP contribution is 2.39. The largest absolute Gasteiger partial charge is 0.419 e. The normalized spacial score (nSPS) is 25.3. The Bertz CT molecular complexity index is 340. The Labute approximate surface area is 153 Å². The maximum atomic E-state index is 6.21. The van der Waals surface area contributed by atoms with Crippen molar-refractivity contribution in [1.82, 2.24) is 0 Å². The predicted molar refractivity (Wildman–Crippen MR) is 107 cm³/mol. The lowest BCUT2D eigenvalue weighted by atomic mass is 9.74. The SMILES string of the molecule is C([SiH2]OCCC1CCCCC1)=C(C1CCCCC1)C1CCCCC1. The molecule has 0 aromatic heterocycles. The van der Waals surface area contributed by atoms with Crippen LogP contribution >= 0.6 is 0 Å². The van der Waals surface area contributed by atoms with E-state index in [2.05, 4.69) is 5.70 Å². The van der Waals surface area contributed by atoms with Crippen LogP contribution in [0.2, 0.25) is 0 Å². The van der Waals surface area contributed by atoms with Crippen LogP contribution < -0.4 is 0 Å². The third kappa shape index (κ3) is 6.02. The highest BCUT2D eigenvalue weighted by molar-refractivity contribution is 6.34. The summed E-state index contributed by atoms with van der Waals surface area (Å²) in [6, 6.07) is 0. The van der Waals surface area contributed by atoms with Crippen LogP contribution in [0.3, 0.4) is 0 Å². The van der Waals surface area contributed by atoms with Gasteiger partial charge >= 0.3 is 0 Å². The molecule has 0 saturated heterocycles. The lowest BCUT2D eigenvalue weighted by Gasteiger charge is -2.32. The second kappa shape index (κ2) is 10.8. The first kappa shape index (κ1) is 18.7. The fourth-order valence-electron chi connectivity index (χ4n) is 5.50. The van der Waals surface area contributed by atoms with E-state index in [1.54, 1.807) is 0 Å². The van der Waals surface area contributed by atoms with Gasteiger partial charge in [-0.3, -0.25) is 0 Å². The second-order valence-electron chi connectivity index (χ2n) is 8.74. The Hall–Kier alpha value is -0.0831. The monoisotopic (exact) mass is 348 g/mol. The average Bonchev–Trinajstić information content (AvgIpc) is 2.67. The van der Waals surface area contributed by atoms with E-state index in [0.717, 1.165) is 24.4 Å². The summed E-state index contributed by atoms with van der Waals surface area (Å²) in [6.45, 7) is 1.05. The smallest absolute Gasteiger partial charge is 0.185 e. The standard InChI is InChI=1S/C22H40OSi/c1-4-10-19(11-5-1)16-17-23-24-18-22(20-12-6-2-7-13-20)21-14-8-3-9-15-21/h18-21H,1-17,24H2. The lowest BCUT2D eigenvalue weighted by Crippen LogP contribution is -2.20. The van der Waals surface area contributed by atoms with Gasteiger partial charge in [0.05, 0.1) is 0 Å². The highest BCUT2D eigenvalue weighted by atomic mass is 28.2. The summed E-state index contributed by atoms with van der Waals surface area (Å²) in [4.78, 5) is 0. The van der Waals surface area contributed by atoms with E-state index in [0.29, 0.717) is 0 Å². The Morgan fingerprint density at radius 2 is 1.21 bits per heavy atom. The number of allylic oxidation sites excluding steroid dienone is 1. The maximum Gasteiger partial charge on any atom is 0.185 e. The fourth-order valence-corrected chi connectivity index (χ4v) is 6.81. The van der Waals surface area contributed by atoms with Gasteiger partial charge in [0.1, 0.15) is 0 Å². The zero-order chi connectivity index (χ0) is 16.5. The van der Waals surface area contributed by atoms with Gasteiger partial charge in [0, 0.05) is 6.61 Å². The van der Waals surface area contributed by atoms with Crippen LogP contribution in [0.1, 0.15) is 103 Å². The third-order valence-electron chi connectivity index (χ3n) is 6.99. The molecule has 0 radical (unpaired) electrons. The van der Waals surface area contributed by atoms with Gasteiger partial charge in [-0.2, -0.15) is 0 Å². The minimum atomic E-state index is -0.435. The summed E-state index contributed by atoms with van der Waals surface area (Å²) in [6.07, 6.45) is 23.4. The highest BCUT2D eigenvalue weighted by Gasteiger charge is 2.25. The summed E-state index contributed by atoms with van der Waals surface area (Å²) in [5, 5.41) is 0. The molecule has 0 unspecified atom stereocenters. The van der Waals surface area contributed by atoms with Crippen molar-refractivity contribution in [2.24, 2.45) is 17.8 Å². The summed E-state index contributed by atoms with van der Waals surface area (Å²) in [7, 11) is -0.435. The molecule has 3 aliphatic carbocycles. The van der Waals surface area contributed by atoms with Gasteiger partial charge in [-0.15, -0.1) is 0 Å². The minimum Gasteiger partial charge on any atom is -0.419 e. The molecule has 3 rings (SSSR count). The molecule has 3 aliphatic rings. The molecular formula is C22H40OSi. The van der Waals surface area contributed by atoms with E-state index in [4.69, 9.17) is 4.43 Å². The van der Waals surface area contributed by atoms with Gasteiger partial charge in [-0.25, -0.2) is 0 Å². The van der Waals surface area contributed by atoms with E-state index in [9.17, 15) is 0 Å². The molecule has 0 N–H and O–H groups in total. The summed E-state index contributed by atoms with van der Waals surface area (Å²) >= 11 is 0. The molecule has 0 atom stereocenters. The van der Waals surface area contributed by atoms with Crippen molar-refractivity contribution in [2.75, 3.05) is 6.61 Å². The Morgan fingerprint density at radius 3 is 1.75 bits per heavy atom. The zero-order valence-electron chi connectivity index (χ0n) is 15.9. The van der Waals surface area contributed by atoms with Gasteiger partial charge < -0.3 is 4.43 Å². The molecule has 3 fully saturated rings. The molecule has 0 bridgehead atoms. The molecule has 3 saturated carbocycles. The molecule has 0 aromatic rings. The Kier molecular flexibility index (Phi) is 8.42. The number of hydrogen-bond donors (Lipinski definition) is 0. The molecular weight excluding hydrogens is 308 g/mol. The Morgan fingerprint density at radius 1 is 0.708 bits per heavy atom. The van der Waals surface area contributed by atoms with Gasteiger partial charge in [0.2, 0.25) is 0 Å². The molecule has 0 aliphatic heterocycles. The van der Waals surface area contributed by atoms with Gasteiger partial charge in [0.15, 0.2) is 9.76 Å².